The Bertz CT molecular complexity index is 917. The van der Waals surface area contributed by atoms with Crippen LogP contribution in [0.3, 0.4) is 0 Å². The van der Waals surface area contributed by atoms with Crippen molar-refractivity contribution in [3.05, 3.63) is 65.8 Å². The van der Waals surface area contributed by atoms with Gasteiger partial charge in [0.2, 0.25) is 0 Å². The van der Waals surface area contributed by atoms with Crippen LogP contribution in [0.5, 0.6) is 0 Å². The van der Waals surface area contributed by atoms with Crippen LogP contribution in [0, 0.1) is 6.92 Å². The van der Waals surface area contributed by atoms with E-state index in [0.29, 0.717) is 23.6 Å². The normalized spacial score (nSPS) is 11.6. The molecular formula is C19H19N3O5. The summed E-state index contributed by atoms with van der Waals surface area (Å²) in [6, 6.07) is 12.1. The number of nitrogens with zero attached hydrogens (tertiary/aromatic N) is 1. The Balaban J connectivity index is 1.62. The number of carbonyl (C=O) groups is 2. The van der Waals surface area contributed by atoms with Gasteiger partial charge in [-0.15, -0.1) is 0 Å². The first-order chi connectivity index (χ1) is 13.0. The molecule has 0 aliphatic heterocycles. The smallest absolute Gasteiger partial charge is 0.341 e. The zero-order chi connectivity index (χ0) is 19.2. The van der Waals surface area contributed by atoms with E-state index in [2.05, 4.69) is 15.8 Å². The SMILES string of the molecule is Cc1cc(NC(=O)[C@@H](C)OC(=O)c2ccccc2NCc2ccco2)no1. The van der Waals surface area contributed by atoms with Crippen molar-refractivity contribution in [3.63, 3.8) is 0 Å². The summed E-state index contributed by atoms with van der Waals surface area (Å²) in [7, 11) is 0. The molecule has 0 aliphatic carbocycles. The predicted molar refractivity (Wildman–Crippen MR) is 97.2 cm³/mol. The summed E-state index contributed by atoms with van der Waals surface area (Å²) in [5.41, 5.74) is 0.902. The Morgan fingerprint density at radius 1 is 1.22 bits per heavy atom. The molecule has 0 fully saturated rings. The van der Waals surface area contributed by atoms with Gasteiger partial charge in [-0.05, 0) is 38.1 Å². The lowest BCUT2D eigenvalue weighted by molar-refractivity contribution is -0.123. The molecule has 0 unspecified atom stereocenters. The first-order valence-electron chi connectivity index (χ1n) is 8.33. The molecule has 3 rings (SSSR count). The van der Waals surface area contributed by atoms with Gasteiger partial charge in [-0.1, -0.05) is 17.3 Å². The van der Waals surface area contributed by atoms with Crippen molar-refractivity contribution in [3.8, 4) is 0 Å². The van der Waals surface area contributed by atoms with Crippen molar-refractivity contribution in [1.29, 1.82) is 0 Å². The molecule has 3 aromatic rings. The maximum atomic E-state index is 12.5. The summed E-state index contributed by atoms with van der Waals surface area (Å²) in [5, 5.41) is 9.32. The number of nitrogens with one attached hydrogen (secondary N) is 2. The number of aromatic nitrogens is 1. The molecule has 1 amide bonds. The number of furan rings is 1. The minimum absolute atomic E-state index is 0.265. The largest absolute Gasteiger partial charge is 0.467 e. The molecule has 1 atom stereocenters. The van der Waals surface area contributed by atoms with E-state index < -0.39 is 18.0 Å². The number of hydrogen-bond donors (Lipinski definition) is 2. The highest BCUT2D eigenvalue weighted by Gasteiger charge is 2.21. The van der Waals surface area contributed by atoms with Gasteiger partial charge in [0.05, 0.1) is 18.4 Å². The van der Waals surface area contributed by atoms with Crippen molar-refractivity contribution in [2.24, 2.45) is 0 Å². The number of benzene rings is 1. The van der Waals surface area contributed by atoms with Gasteiger partial charge < -0.3 is 24.3 Å². The Hall–Kier alpha value is -3.55. The highest BCUT2D eigenvalue weighted by atomic mass is 16.5. The van der Waals surface area contributed by atoms with Gasteiger partial charge in [-0.3, -0.25) is 4.79 Å². The third-order valence-electron chi connectivity index (χ3n) is 3.71. The van der Waals surface area contributed by atoms with E-state index in [0.717, 1.165) is 5.76 Å². The molecule has 2 aromatic heterocycles. The second-order valence-corrected chi connectivity index (χ2v) is 5.84. The number of aryl methyl sites for hydroxylation is 1. The van der Waals surface area contributed by atoms with E-state index in [1.807, 2.05) is 6.07 Å². The second-order valence-electron chi connectivity index (χ2n) is 5.84. The molecular weight excluding hydrogens is 350 g/mol. The molecule has 0 radical (unpaired) electrons. The Morgan fingerprint density at radius 2 is 2.04 bits per heavy atom. The Labute approximate surface area is 155 Å². The molecule has 2 N–H and O–H groups in total. The zero-order valence-electron chi connectivity index (χ0n) is 14.9. The van der Waals surface area contributed by atoms with Crippen LogP contribution < -0.4 is 10.6 Å². The van der Waals surface area contributed by atoms with Crippen LogP contribution in [0.4, 0.5) is 11.5 Å². The fourth-order valence-electron chi connectivity index (χ4n) is 2.34. The maximum absolute atomic E-state index is 12.5. The van der Waals surface area contributed by atoms with E-state index in [1.165, 1.54) is 6.92 Å². The molecule has 2 heterocycles. The summed E-state index contributed by atoms with van der Waals surface area (Å²) >= 11 is 0. The minimum Gasteiger partial charge on any atom is -0.467 e. The second kappa shape index (κ2) is 8.22. The summed E-state index contributed by atoms with van der Waals surface area (Å²) in [4.78, 5) is 24.7. The number of amides is 1. The molecule has 0 saturated heterocycles. The van der Waals surface area contributed by atoms with Gasteiger partial charge in [0.1, 0.15) is 11.5 Å². The summed E-state index contributed by atoms with van der Waals surface area (Å²) in [5.74, 6) is 0.440. The Kier molecular flexibility index (Phi) is 5.55. The lowest BCUT2D eigenvalue weighted by Crippen LogP contribution is -2.30. The number of anilines is 2. The number of hydrogen-bond acceptors (Lipinski definition) is 7. The number of esters is 1. The minimum atomic E-state index is -1.01. The molecule has 1 aromatic carbocycles. The lowest BCUT2D eigenvalue weighted by Gasteiger charge is -2.14. The molecule has 8 heteroatoms. The van der Waals surface area contributed by atoms with Crippen LogP contribution in [0.25, 0.3) is 0 Å². The molecule has 0 saturated carbocycles. The van der Waals surface area contributed by atoms with E-state index in [9.17, 15) is 9.59 Å². The lowest BCUT2D eigenvalue weighted by atomic mass is 10.1. The fraction of sp³-hybridized carbons (Fsp3) is 0.211. The number of ether oxygens (including phenoxy) is 1. The first-order valence-corrected chi connectivity index (χ1v) is 8.33. The average Bonchev–Trinajstić information content (AvgIpc) is 3.31. The summed E-state index contributed by atoms with van der Waals surface area (Å²) in [6.07, 6.45) is 0.570. The van der Waals surface area contributed by atoms with Gasteiger partial charge in [-0.25, -0.2) is 4.79 Å². The first kappa shape index (κ1) is 18.2. The maximum Gasteiger partial charge on any atom is 0.341 e. The predicted octanol–water partition coefficient (Wildman–Crippen LogP) is 3.37. The van der Waals surface area contributed by atoms with Gasteiger partial charge >= 0.3 is 5.97 Å². The molecule has 0 spiro atoms. The van der Waals surface area contributed by atoms with Crippen LogP contribution in [-0.4, -0.2) is 23.1 Å². The summed E-state index contributed by atoms with van der Waals surface area (Å²) in [6.45, 7) is 3.61. The van der Waals surface area contributed by atoms with Gasteiger partial charge in [0.15, 0.2) is 11.9 Å². The molecule has 27 heavy (non-hydrogen) atoms. The Morgan fingerprint density at radius 3 is 2.74 bits per heavy atom. The monoisotopic (exact) mass is 369 g/mol. The standard InChI is InChI=1S/C19H19N3O5/c1-12-10-17(22-27-12)21-18(23)13(2)26-19(24)15-7-3-4-8-16(15)20-11-14-6-5-9-25-14/h3-10,13,20H,11H2,1-2H3,(H,21,22,23)/t13-/m1/s1. The number of para-hydroxylation sites is 1. The quantitative estimate of drug-likeness (QED) is 0.615. The fourth-order valence-corrected chi connectivity index (χ4v) is 2.34. The number of rotatable bonds is 7. The van der Waals surface area contributed by atoms with Gasteiger partial charge in [0, 0.05) is 11.8 Å². The van der Waals surface area contributed by atoms with E-state index in [1.54, 1.807) is 49.6 Å². The average molecular weight is 369 g/mol. The third-order valence-corrected chi connectivity index (χ3v) is 3.71. The highest BCUT2D eigenvalue weighted by molar-refractivity contribution is 5.99. The van der Waals surface area contributed by atoms with Crippen molar-refractivity contribution in [1.82, 2.24) is 5.16 Å². The molecule has 0 bridgehead atoms. The molecule has 8 nitrogen and oxygen atoms in total. The van der Waals surface area contributed by atoms with Crippen LogP contribution in [0.2, 0.25) is 0 Å². The topological polar surface area (TPSA) is 107 Å². The van der Waals surface area contributed by atoms with Crippen LogP contribution >= 0.6 is 0 Å². The van der Waals surface area contributed by atoms with Crippen molar-refractivity contribution in [2.45, 2.75) is 26.5 Å². The van der Waals surface area contributed by atoms with Crippen LogP contribution in [0.1, 0.15) is 28.8 Å². The molecule has 0 aliphatic rings. The van der Waals surface area contributed by atoms with Crippen LogP contribution in [-0.2, 0) is 16.1 Å². The zero-order valence-corrected chi connectivity index (χ0v) is 14.9. The molecule has 140 valence electrons. The van der Waals surface area contributed by atoms with Gasteiger partial charge in [0.25, 0.3) is 5.91 Å². The van der Waals surface area contributed by atoms with Gasteiger partial charge in [-0.2, -0.15) is 0 Å². The van der Waals surface area contributed by atoms with Crippen molar-refractivity contribution in [2.75, 3.05) is 10.6 Å². The van der Waals surface area contributed by atoms with E-state index in [-0.39, 0.29) is 5.82 Å². The third kappa shape index (κ3) is 4.75. The van der Waals surface area contributed by atoms with Crippen molar-refractivity contribution >= 4 is 23.4 Å². The number of carbonyl (C=O) groups excluding carboxylic acids is 2. The van der Waals surface area contributed by atoms with E-state index in [4.69, 9.17) is 13.7 Å². The summed E-state index contributed by atoms with van der Waals surface area (Å²) < 4.78 is 15.4. The van der Waals surface area contributed by atoms with E-state index >= 15 is 0 Å². The highest BCUT2D eigenvalue weighted by Crippen LogP contribution is 2.18. The van der Waals surface area contributed by atoms with Crippen molar-refractivity contribution < 1.29 is 23.3 Å². The van der Waals surface area contributed by atoms with Crippen LogP contribution in [0.15, 0.2) is 57.7 Å².